The first-order valence-electron chi connectivity index (χ1n) is 9.57. The summed E-state index contributed by atoms with van der Waals surface area (Å²) in [7, 11) is 0. The number of carbonyl (C=O) groups is 1. The first kappa shape index (κ1) is 18.7. The van der Waals surface area contributed by atoms with E-state index in [2.05, 4.69) is 30.5 Å². The van der Waals surface area contributed by atoms with E-state index in [9.17, 15) is 4.79 Å². The SMILES string of the molecule is Cc1nnc(-c2ccc3cnc(CC(=O)c4ccnc(OC5CNC5)c4)cc3n2)s1. The molecule has 0 bridgehead atoms. The van der Waals surface area contributed by atoms with Crippen molar-refractivity contribution in [3.8, 4) is 16.6 Å². The summed E-state index contributed by atoms with van der Waals surface area (Å²) in [5.74, 6) is 0.425. The van der Waals surface area contributed by atoms with Gasteiger partial charge in [0.2, 0.25) is 5.88 Å². The second-order valence-electron chi connectivity index (χ2n) is 7.07. The molecular weight excluding hydrogens is 400 g/mol. The molecule has 4 aromatic rings. The molecule has 0 aromatic carbocycles. The van der Waals surface area contributed by atoms with Gasteiger partial charge < -0.3 is 10.1 Å². The van der Waals surface area contributed by atoms with Crippen molar-refractivity contribution in [2.75, 3.05) is 13.1 Å². The van der Waals surface area contributed by atoms with Crippen LogP contribution in [0.1, 0.15) is 21.1 Å². The number of ketones is 1. The molecule has 0 radical (unpaired) electrons. The number of nitrogens with zero attached hydrogens (tertiary/aromatic N) is 5. The Morgan fingerprint density at radius 3 is 2.87 bits per heavy atom. The molecule has 0 atom stereocenters. The number of ether oxygens (including phenoxy) is 1. The highest BCUT2D eigenvalue weighted by atomic mass is 32.1. The second-order valence-corrected chi connectivity index (χ2v) is 8.25. The van der Waals surface area contributed by atoms with Crippen molar-refractivity contribution in [2.45, 2.75) is 19.4 Å². The molecule has 1 fully saturated rings. The Labute approximate surface area is 176 Å². The number of nitrogens with one attached hydrogen (secondary N) is 1. The highest BCUT2D eigenvalue weighted by Gasteiger charge is 2.19. The number of aromatic nitrogens is 5. The average Bonchev–Trinajstić information content (AvgIpc) is 3.17. The smallest absolute Gasteiger partial charge is 0.214 e. The molecule has 0 unspecified atom stereocenters. The van der Waals surface area contributed by atoms with Crippen LogP contribution in [0.15, 0.2) is 42.7 Å². The lowest BCUT2D eigenvalue weighted by Gasteiger charge is -2.27. The monoisotopic (exact) mass is 418 g/mol. The van der Waals surface area contributed by atoms with E-state index >= 15 is 0 Å². The Kier molecular flexibility index (Phi) is 4.89. The predicted octanol–water partition coefficient (Wildman–Crippen LogP) is 2.63. The number of Topliss-reactive ketones (excluding diaryl/α,β-unsaturated/α-hetero) is 1. The van der Waals surface area contributed by atoms with Gasteiger partial charge in [0, 0.05) is 42.5 Å². The van der Waals surface area contributed by atoms with Gasteiger partial charge in [-0.2, -0.15) is 0 Å². The summed E-state index contributed by atoms with van der Waals surface area (Å²) in [4.78, 5) is 26.1. The lowest BCUT2D eigenvalue weighted by atomic mass is 10.1. The summed E-state index contributed by atoms with van der Waals surface area (Å²) in [6, 6.07) is 9.10. The predicted molar refractivity (Wildman–Crippen MR) is 113 cm³/mol. The maximum absolute atomic E-state index is 12.8. The highest BCUT2D eigenvalue weighted by Crippen LogP contribution is 2.24. The molecule has 0 saturated carbocycles. The number of fused-ring (bicyclic) bond motifs is 1. The Morgan fingerprint density at radius 1 is 1.20 bits per heavy atom. The molecule has 0 aliphatic carbocycles. The van der Waals surface area contributed by atoms with Crippen LogP contribution in [0.25, 0.3) is 21.6 Å². The third-order valence-electron chi connectivity index (χ3n) is 4.81. The maximum Gasteiger partial charge on any atom is 0.214 e. The minimum atomic E-state index is -0.0447. The molecule has 5 heterocycles. The maximum atomic E-state index is 12.8. The lowest BCUT2D eigenvalue weighted by molar-refractivity contribution is 0.0989. The van der Waals surface area contributed by atoms with Gasteiger partial charge in [-0.05, 0) is 31.2 Å². The van der Waals surface area contributed by atoms with Crippen LogP contribution < -0.4 is 10.1 Å². The molecule has 150 valence electrons. The van der Waals surface area contributed by atoms with Crippen LogP contribution in [-0.4, -0.2) is 50.1 Å². The molecule has 30 heavy (non-hydrogen) atoms. The number of rotatable bonds is 6. The third-order valence-corrected chi connectivity index (χ3v) is 5.67. The van der Waals surface area contributed by atoms with E-state index in [4.69, 9.17) is 4.74 Å². The zero-order valence-corrected chi connectivity index (χ0v) is 17.0. The van der Waals surface area contributed by atoms with Crippen LogP contribution in [0.4, 0.5) is 0 Å². The van der Waals surface area contributed by atoms with Crippen molar-refractivity contribution < 1.29 is 9.53 Å². The summed E-state index contributed by atoms with van der Waals surface area (Å²) in [5.41, 5.74) is 2.75. The molecule has 5 rings (SSSR count). The van der Waals surface area contributed by atoms with Gasteiger partial charge in [0.05, 0.1) is 17.6 Å². The Bertz CT molecular complexity index is 1240. The van der Waals surface area contributed by atoms with Crippen LogP contribution in [0.3, 0.4) is 0 Å². The topological polar surface area (TPSA) is 103 Å². The summed E-state index contributed by atoms with van der Waals surface area (Å²) in [5, 5.41) is 13.9. The van der Waals surface area contributed by atoms with Crippen molar-refractivity contribution in [1.29, 1.82) is 0 Å². The first-order chi connectivity index (χ1) is 14.6. The van der Waals surface area contributed by atoms with E-state index < -0.39 is 0 Å². The molecule has 0 amide bonds. The van der Waals surface area contributed by atoms with E-state index in [1.165, 1.54) is 11.3 Å². The van der Waals surface area contributed by atoms with Crippen LogP contribution in [0.5, 0.6) is 5.88 Å². The zero-order valence-electron chi connectivity index (χ0n) is 16.2. The number of hydrogen-bond donors (Lipinski definition) is 1. The summed E-state index contributed by atoms with van der Waals surface area (Å²) >= 11 is 1.50. The largest absolute Gasteiger partial charge is 0.472 e. The fourth-order valence-electron chi connectivity index (χ4n) is 3.10. The Hall–Kier alpha value is -3.30. The average molecular weight is 418 g/mol. The second kappa shape index (κ2) is 7.85. The molecule has 9 heteroatoms. The molecular formula is C21H18N6O2S. The first-order valence-corrected chi connectivity index (χ1v) is 10.4. The Balaban J connectivity index is 1.36. The van der Waals surface area contributed by atoms with Gasteiger partial charge in [-0.1, -0.05) is 11.3 Å². The van der Waals surface area contributed by atoms with Crippen LogP contribution >= 0.6 is 11.3 Å². The fraction of sp³-hybridized carbons (Fsp3) is 0.238. The van der Waals surface area contributed by atoms with Gasteiger partial charge in [0.15, 0.2) is 10.8 Å². The number of carbonyl (C=O) groups excluding carboxylic acids is 1. The number of aryl methyl sites for hydroxylation is 1. The van der Waals surface area contributed by atoms with Gasteiger partial charge in [0.1, 0.15) is 16.8 Å². The minimum absolute atomic E-state index is 0.0447. The van der Waals surface area contributed by atoms with Crippen molar-refractivity contribution in [2.24, 2.45) is 0 Å². The highest BCUT2D eigenvalue weighted by molar-refractivity contribution is 7.14. The number of hydrogen-bond acceptors (Lipinski definition) is 9. The fourth-order valence-corrected chi connectivity index (χ4v) is 3.77. The lowest BCUT2D eigenvalue weighted by Crippen LogP contribution is -2.50. The summed E-state index contributed by atoms with van der Waals surface area (Å²) in [6.07, 6.45) is 3.63. The van der Waals surface area contributed by atoms with E-state index in [1.54, 1.807) is 24.5 Å². The van der Waals surface area contributed by atoms with Gasteiger partial charge in [-0.3, -0.25) is 9.78 Å². The van der Waals surface area contributed by atoms with Gasteiger partial charge in [-0.15, -0.1) is 10.2 Å². The quantitative estimate of drug-likeness (QED) is 0.477. The van der Waals surface area contributed by atoms with Gasteiger partial charge >= 0.3 is 0 Å². The number of pyridine rings is 3. The molecule has 0 spiro atoms. The van der Waals surface area contributed by atoms with Crippen LogP contribution in [0.2, 0.25) is 0 Å². The minimum Gasteiger partial charge on any atom is -0.472 e. The molecule has 8 nitrogen and oxygen atoms in total. The van der Waals surface area contributed by atoms with Crippen molar-refractivity contribution >= 4 is 28.0 Å². The van der Waals surface area contributed by atoms with Crippen molar-refractivity contribution in [3.05, 3.63) is 59.0 Å². The standard InChI is InChI=1S/C21H18N6O2S/c1-12-26-27-21(30-12)17-3-2-14-9-24-15(7-18(14)25-17)8-19(28)13-4-5-23-20(6-13)29-16-10-22-11-16/h2-7,9,16,22H,8,10-11H2,1H3. The van der Waals surface area contributed by atoms with Gasteiger partial charge in [-0.25, -0.2) is 9.97 Å². The van der Waals surface area contributed by atoms with Gasteiger partial charge in [0.25, 0.3) is 0 Å². The van der Waals surface area contributed by atoms with Crippen molar-refractivity contribution in [1.82, 2.24) is 30.5 Å². The summed E-state index contributed by atoms with van der Waals surface area (Å²) < 4.78 is 5.74. The zero-order chi connectivity index (χ0) is 20.5. The van der Waals surface area contributed by atoms with Crippen LogP contribution in [-0.2, 0) is 6.42 Å². The molecule has 1 aliphatic heterocycles. The van der Waals surface area contributed by atoms with E-state index in [0.29, 0.717) is 17.1 Å². The van der Waals surface area contributed by atoms with Crippen LogP contribution in [0, 0.1) is 6.92 Å². The summed E-state index contributed by atoms with van der Waals surface area (Å²) in [6.45, 7) is 3.51. The molecule has 1 saturated heterocycles. The van der Waals surface area contributed by atoms with E-state index in [1.807, 2.05) is 25.1 Å². The normalized spacial score (nSPS) is 13.9. The van der Waals surface area contributed by atoms with Crippen molar-refractivity contribution in [3.63, 3.8) is 0 Å². The van der Waals surface area contributed by atoms with E-state index in [-0.39, 0.29) is 18.3 Å². The molecule has 1 N–H and O–H groups in total. The third kappa shape index (κ3) is 3.89. The van der Waals surface area contributed by atoms with E-state index in [0.717, 1.165) is 39.7 Å². The molecule has 4 aromatic heterocycles. The molecule has 1 aliphatic rings. The Morgan fingerprint density at radius 2 is 2.10 bits per heavy atom.